The Morgan fingerprint density at radius 3 is 2.74 bits per heavy atom. The highest BCUT2D eigenvalue weighted by Crippen LogP contribution is 2.42. The minimum absolute atomic E-state index is 0.00634. The Morgan fingerprint density at radius 2 is 2.13 bits per heavy atom. The van der Waals surface area contributed by atoms with Gasteiger partial charge in [0, 0.05) is 11.8 Å². The molecule has 8 heteroatoms. The SMILES string of the molecule is CC1(C)C(=O)Nc2cc(NC(=O)c3ccco3)c([N+](=O)[O-])cc21. The predicted octanol–water partition coefficient (Wildman–Crippen LogP) is 2.67. The third-order valence-electron chi connectivity index (χ3n) is 3.81. The first-order valence-corrected chi connectivity index (χ1v) is 6.80. The highest BCUT2D eigenvalue weighted by molar-refractivity contribution is 6.08. The van der Waals surface area contributed by atoms with Gasteiger partial charge in [-0.1, -0.05) is 0 Å². The van der Waals surface area contributed by atoms with E-state index in [1.807, 2.05) is 0 Å². The Kier molecular flexibility index (Phi) is 3.17. The molecule has 8 nitrogen and oxygen atoms in total. The highest BCUT2D eigenvalue weighted by Gasteiger charge is 2.40. The fraction of sp³-hybridized carbons (Fsp3) is 0.200. The minimum atomic E-state index is -0.871. The van der Waals surface area contributed by atoms with E-state index < -0.39 is 16.2 Å². The molecule has 1 aliphatic rings. The van der Waals surface area contributed by atoms with Gasteiger partial charge in [0.25, 0.3) is 11.6 Å². The first-order valence-electron chi connectivity index (χ1n) is 6.80. The van der Waals surface area contributed by atoms with Crippen LogP contribution in [0.1, 0.15) is 30.0 Å². The maximum absolute atomic E-state index is 12.0. The number of rotatable bonds is 3. The van der Waals surface area contributed by atoms with Crippen molar-refractivity contribution >= 4 is 28.9 Å². The van der Waals surface area contributed by atoms with Crippen molar-refractivity contribution in [1.82, 2.24) is 0 Å². The number of benzene rings is 1. The number of hydrogen-bond donors (Lipinski definition) is 2. The Balaban J connectivity index is 2.05. The molecule has 0 spiro atoms. The lowest BCUT2D eigenvalue weighted by molar-refractivity contribution is -0.384. The van der Waals surface area contributed by atoms with Gasteiger partial charge < -0.3 is 15.1 Å². The van der Waals surface area contributed by atoms with Gasteiger partial charge >= 0.3 is 0 Å². The lowest BCUT2D eigenvalue weighted by Crippen LogP contribution is -2.26. The number of nitro benzene ring substituents is 1. The van der Waals surface area contributed by atoms with E-state index in [1.54, 1.807) is 13.8 Å². The van der Waals surface area contributed by atoms with Crippen molar-refractivity contribution in [3.05, 3.63) is 52.0 Å². The average molecular weight is 315 g/mol. The molecule has 0 radical (unpaired) electrons. The molecule has 0 atom stereocenters. The van der Waals surface area contributed by atoms with Crippen molar-refractivity contribution in [3.8, 4) is 0 Å². The second-order valence-corrected chi connectivity index (χ2v) is 5.68. The Morgan fingerprint density at radius 1 is 1.39 bits per heavy atom. The van der Waals surface area contributed by atoms with Gasteiger partial charge in [0.1, 0.15) is 5.69 Å². The molecule has 0 bridgehead atoms. The standard InChI is InChI=1S/C15H13N3O5/c1-15(2)8-6-11(18(21)22)10(7-9(8)17-14(15)20)16-13(19)12-4-3-5-23-12/h3-7H,1-2H3,(H,16,19)(H,17,20). The van der Waals surface area contributed by atoms with Crippen LogP contribution in [0.3, 0.4) is 0 Å². The average Bonchev–Trinajstić information content (AvgIpc) is 3.06. The molecule has 0 fully saturated rings. The second-order valence-electron chi connectivity index (χ2n) is 5.68. The summed E-state index contributed by atoms with van der Waals surface area (Å²) < 4.78 is 4.96. The maximum Gasteiger partial charge on any atom is 0.293 e. The molecular formula is C15H13N3O5. The number of carbonyl (C=O) groups excluding carboxylic acids is 2. The summed E-state index contributed by atoms with van der Waals surface area (Å²) in [6.07, 6.45) is 1.33. The molecule has 1 aromatic heterocycles. The molecule has 3 rings (SSSR count). The van der Waals surface area contributed by atoms with Crippen molar-refractivity contribution in [1.29, 1.82) is 0 Å². The number of nitro groups is 1. The van der Waals surface area contributed by atoms with Gasteiger partial charge in [-0.3, -0.25) is 19.7 Å². The van der Waals surface area contributed by atoms with Gasteiger partial charge in [-0.2, -0.15) is 0 Å². The summed E-state index contributed by atoms with van der Waals surface area (Å²) in [5.41, 5.74) is -0.198. The topological polar surface area (TPSA) is 114 Å². The fourth-order valence-electron chi connectivity index (χ4n) is 2.45. The summed E-state index contributed by atoms with van der Waals surface area (Å²) in [6, 6.07) is 5.68. The molecule has 0 aliphatic carbocycles. The summed E-state index contributed by atoms with van der Waals surface area (Å²) in [6.45, 7) is 3.36. The molecule has 1 aliphatic heterocycles. The van der Waals surface area contributed by atoms with E-state index in [0.717, 1.165) is 0 Å². The normalized spacial score (nSPS) is 15.0. The Labute approximate surface area is 130 Å². The number of carbonyl (C=O) groups is 2. The molecule has 2 amide bonds. The van der Waals surface area contributed by atoms with Crippen LogP contribution in [0.2, 0.25) is 0 Å². The zero-order valence-electron chi connectivity index (χ0n) is 12.4. The van der Waals surface area contributed by atoms with Crippen LogP contribution in [0.15, 0.2) is 34.9 Å². The van der Waals surface area contributed by atoms with Crippen LogP contribution in [0, 0.1) is 10.1 Å². The first-order chi connectivity index (χ1) is 10.8. The van der Waals surface area contributed by atoms with Crippen LogP contribution in [0.25, 0.3) is 0 Å². The number of furan rings is 1. The summed E-state index contributed by atoms with van der Waals surface area (Å²) in [5.74, 6) is -0.831. The molecule has 23 heavy (non-hydrogen) atoms. The third kappa shape index (κ3) is 2.33. The molecule has 0 saturated heterocycles. The Hall–Kier alpha value is -3.16. The lowest BCUT2D eigenvalue weighted by Gasteiger charge is -2.15. The highest BCUT2D eigenvalue weighted by atomic mass is 16.6. The molecule has 2 N–H and O–H groups in total. The molecule has 118 valence electrons. The molecular weight excluding hydrogens is 302 g/mol. The zero-order valence-corrected chi connectivity index (χ0v) is 12.4. The Bertz CT molecular complexity index is 824. The van der Waals surface area contributed by atoms with Crippen LogP contribution in [0.4, 0.5) is 17.1 Å². The summed E-state index contributed by atoms with van der Waals surface area (Å²) in [5, 5.41) is 16.4. The molecule has 1 aromatic carbocycles. The predicted molar refractivity (Wildman–Crippen MR) is 81.4 cm³/mol. The van der Waals surface area contributed by atoms with Crippen molar-refractivity contribution < 1.29 is 18.9 Å². The molecule has 0 unspecified atom stereocenters. The zero-order chi connectivity index (χ0) is 16.8. The van der Waals surface area contributed by atoms with Crippen LogP contribution >= 0.6 is 0 Å². The number of nitrogens with zero attached hydrogens (tertiary/aromatic N) is 1. The van der Waals surface area contributed by atoms with E-state index in [0.29, 0.717) is 11.3 Å². The maximum atomic E-state index is 12.0. The van der Waals surface area contributed by atoms with Gasteiger partial charge in [-0.25, -0.2) is 0 Å². The van der Waals surface area contributed by atoms with Crippen LogP contribution in [-0.4, -0.2) is 16.7 Å². The van der Waals surface area contributed by atoms with Crippen molar-refractivity contribution in [2.24, 2.45) is 0 Å². The minimum Gasteiger partial charge on any atom is -0.459 e. The van der Waals surface area contributed by atoms with E-state index >= 15 is 0 Å². The van der Waals surface area contributed by atoms with E-state index in [4.69, 9.17) is 4.42 Å². The van der Waals surface area contributed by atoms with Gasteiger partial charge in [0.15, 0.2) is 5.76 Å². The number of anilines is 2. The van der Waals surface area contributed by atoms with E-state index in [1.165, 1.54) is 30.5 Å². The number of fused-ring (bicyclic) bond motifs is 1. The van der Waals surface area contributed by atoms with Crippen LogP contribution in [0.5, 0.6) is 0 Å². The van der Waals surface area contributed by atoms with Crippen LogP contribution < -0.4 is 10.6 Å². The van der Waals surface area contributed by atoms with Crippen molar-refractivity contribution in [3.63, 3.8) is 0 Å². The summed E-state index contributed by atoms with van der Waals surface area (Å²) >= 11 is 0. The smallest absolute Gasteiger partial charge is 0.293 e. The quantitative estimate of drug-likeness (QED) is 0.667. The van der Waals surface area contributed by atoms with Crippen molar-refractivity contribution in [2.75, 3.05) is 10.6 Å². The van der Waals surface area contributed by atoms with E-state index in [2.05, 4.69) is 10.6 Å². The van der Waals surface area contributed by atoms with E-state index in [-0.39, 0.29) is 23.0 Å². The number of amides is 2. The van der Waals surface area contributed by atoms with E-state index in [9.17, 15) is 19.7 Å². The molecule has 2 heterocycles. The van der Waals surface area contributed by atoms with Crippen molar-refractivity contribution in [2.45, 2.75) is 19.3 Å². The molecule has 0 saturated carbocycles. The van der Waals surface area contributed by atoms with Gasteiger partial charge in [-0.15, -0.1) is 0 Å². The number of nitrogens with one attached hydrogen (secondary N) is 2. The lowest BCUT2D eigenvalue weighted by atomic mass is 9.86. The summed E-state index contributed by atoms with van der Waals surface area (Å²) in [4.78, 5) is 34.7. The third-order valence-corrected chi connectivity index (χ3v) is 3.81. The van der Waals surface area contributed by atoms with Gasteiger partial charge in [0.05, 0.1) is 16.6 Å². The van der Waals surface area contributed by atoms with Gasteiger partial charge in [-0.05, 0) is 37.6 Å². The monoisotopic (exact) mass is 315 g/mol. The van der Waals surface area contributed by atoms with Gasteiger partial charge in [0.2, 0.25) is 5.91 Å². The summed E-state index contributed by atoms with van der Waals surface area (Å²) in [7, 11) is 0. The molecule has 2 aromatic rings. The van der Waals surface area contributed by atoms with Crippen LogP contribution in [-0.2, 0) is 10.2 Å². The fourth-order valence-corrected chi connectivity index (χ4v) is 2.45. The number of hydrogen-bond acceptors (Lipinski definition) is 5. The second kappa shape index (κ2) is 4.94. The first kappa shape index (κ1) is 14.8. The largest absolute Gasteiger partial charge is 0.459 e.